The van der Waals surface area contributed by atoms with Gasteiger partial charge in [0.1, 0.15) is 5.75 Å². The molecule has 1 aliphatic heterocycles. The third-order valence-corrected chi connectivity index (χ3v) is 3.64. The van der Waals surface area contributed by atoms with Gasteiger partial charge in [-0.05, 0) is 50.0 Å². The molecule has 0 spiro atoms. The molecular formula is C17H27NO3. The number of hydrogen-bond acceptors (Lipinski definition) is 4. The third-order valence-electron chi connectivity index (χ3n) is 3.64. The normalized spacial score (nSPS) is 18.8. The summed E-state index contributed by atoms with van der Waals surface area (Å²) in [6.07, 6.45) is 2.95. The summed E-state index contributed by atoms with van der Waals surface area (Å²) in [5, 5.41) is 12.6. The lowest BCUT2D eigenvalue weighted by Crippen LogP contribution is -2.38. The average molecular weight is 293 g/mol. The molecule has 118 valence electrons. The molecule has 0 amide bonds. The fourth-order valence-corrected chi connectivity index (χ4v) is 2.31. The Hall–Kier alpha value is -1.10. The minimum Gasteiger partial charge on any atom is -0.508 e. The number of ether oxygens (including phenoxy) is 2. The molecule has 1 aromatic carbocycles. The number of phenols is 1. The van der Waals surface area contributed by atoms with Crippen LogP contribution in [0.2, 0.25) is 0 Å². The monoisotopic (exact) mass is 293 g/mol. The summed E-state index contributed by atoms with van der Waals surface area (Å²) in [5.41, 5.74) is 1.39. The number of aromatic hydroxyl groups is 1. The molecule has 4 nitrogen and oxygen atoms in total. The van der Waals surface area contributed by atoms with E-state index in [9.17, 15) is 5.11 Å². The Kier molecular flexibility index (Phi) is 6.03. The minimum absolute atomic E-state index is 0.0306. The highest BCUT2D eigenvalue weighted by molar-refractivity contribution is 5.25. The summed E-state index contributed by atoms with van der Waals surface area (Å²) < 4.78 is 11.4. The molecule has 0 aromatic heterocycles. The van der Waals surface area contributed by atoms with Crippen LogP contribution >= 0.6 is 0 Å². The Morgan fingerprint density at radius 2 is 1.81 bits per heavy atom. The van der Waals surface area contributed by atoms with Gasteiger partial charge in [0.2, 0.25) is 0 Å². The van der Waals surface area contributed by atoms with E-state index in [0.717, 1.165) is 45.6 Å². The van der Waals surface area contributed by atoms with Gasteiger partial charge in [0, 0.05) is 5.41 Å². The van der Waals surface area contributed by atoms with Gasteiger partial charge in [0.05, 0.1) is 13.2 Å². The Bertz CT molecular complexity index is 407. The Balaban J connectivity index is 1.50. The Labute approximate surface area is 127 Å². The van der Waals surface area contributed by atoms with E-state index in [1.807, 2.05) is 12.1 Å². The van der Waals surface area contributed by atoms with E-state index in [0.29, 0.717) is 5.75 Å². The van der Waals surface area contributed by atoms with Crippen LogP contribution < -0.4 is 5.32 Å². The maximum atomic E-state index is 9.22. The topological polar surface area (TPSA) is 50.7 Å². The zero-order chi connectivity index (χ0) is 15.1. The lowest BCUT2D eigenvalue weighted by Gasteiger charge is -2.34. The molecule has 0 bridgehead atoms. The molecule has 2 rings (SSSR count). The molecule has 0 saturated carbocycles. The summed E-state index contributed by atoms with van der Waals surface area (Å²) in [7, 11) is 0. The number of hydrogen-bond donors (Lipinski definition) is 2. The van der Waals surface area contributed by atoms with Crippen LogP contribution in [0.15, 0.2) is 24.3 Å². The second-order valence-electron chi connectivity index (χ2n) is 6.52. The van der Waals surface area contributed by atoms with Crippen molar-refractivity contribution >= 4 is 0 Å². The number of nitrogens with one attached hydrogen (secondary N) is 1. The van der Waals surface area contributed by atoms with Crippen molar-refractivity contribution in [3.8, 4) is 5.75 Å². The largest absolute Gasteiger partial charge is 0.508 e. The van der Waals surface area contributed by atoms with E-state index in [1.54, 1.807) is 12.1 Å². The maximum Gasteiger partial charge on any atom is 0.157 e. The van der Waals surface area contributed by atoms with Gasteiger partial charge in [-0.25, -0.2) is 0 Å². The van der Waals surface area contributed by atoms with Crippen molar-refractivity contribution in [2.24, 2.45) is 5.41 Å². The SMILES string of the molecule is CC1(C)COC(CCCNCCc2ccc(O)cc2)OC1. The van der Waals surface area contributed by atoms with Crippen molar-refractivity contribution in [3.63, 3.8) is 0 Å². The zero-order valence-electron chi connectivity index (χ0n) is 13.1. The van der Waals surface area contributed by atoms with E-state index in [1.165, 1.54) is 5.56 Å². The molecule has 1 aliphatic rings. The van der Waals surface area contributed by atoms with Gasteiger partial charge in [-0.2, -0.15) is 0 Å². The van der Waals surface area contributed by atoms with Crippen LogP contribution in [-0.2, 0) is 15.9 Å². The van der Waals surface area contributed by atoms with Gasteiger partial charge < -0.3 is 19.9 Å². The van der Waals surface area contributed by atoms with Gasteiger partial charge in [0.25, 0.3) is 0 Å². The lowest BCUT2D eigenvalue weighted by molar-refractivity contribution is -0.223. The van der Waals surface area contributed by atoms with Gasteiger partial charge >= 0.3 is 0 Å². The lowest BCUT2D eigenvalue weighted by atomic mass is 9.95. The first-order chi connectivity index (χ1) is 10.1. The van der Waals surface area contributed by atoms with Gasteiger partial charge in [0.15, 0.2) is 6.29 Å². The van der Waals surface area contributed by atoms with Crippen molar-refractivity contribution in [2.45, 2.75) is 39.4 Å². The summed E-state index contributed by atoms with van der Waals surface area (Å²) in [6, 6.07) is 7.38. The standard InChI is InChI=1S/C17H27NO3/c1-17(2)12-20-16(21-13-17)4-3-10-18-11-9-14-5-7-15(19)8-6-14/h5-8,16,18-19H,3-4,9-13H2,1-2H3. The van der Waals surface area contributed by atoms with Crippen LogP contribution in [0.3, 0.4) is 0 Å². The van der Waals surface area contributed by atoms with E-state index in [4.69, 9.17) is 9.47 Å². The maximum absolute atomic E-state index is 9.22. The first-order valence-corrected chi connectivity index (χ1v) is 7.77. The second kappa shape index (κ2) is 7.78. The smallest absolute Gasteiger partial charge is 0.157 e. The summed E-state index contributed by atoms with van der Waals surface area (Å²) >= 11 is 0. The summed E-state index contributed by atoms with van der Waals surface area (Å²) in [6.45, 7) is 7.81. The molecule has 1 saturated heterocycles. The first kappa shape index (κ1) is 16.3. The Morgan fingerprint density at radius 3 is 2.48 bits per heavy atom. The average Bonchev–Trinajstić information content (AvgIpc) is 2.46. The third kappa shape index (κ3) is 6.04. The van der Waals surface area contributed by atoms with Crippen LogP contribution in [0.1, 0.15) is 32.3 Å². The predicted octanol–water partition coefficient (Wildman–Crippen LogP) is 2.70. The highest BCUT2D eigenvalue weighted by Crippen LogP contribution is 2.24. The molecular weight excluding hydrogens is 266 g/mol. The van der Waals surface area contributed by atoms with Crippen LogP contribution in [0, 0.1) is 5.41 Å². The molecule has 0 aliphatic carbocycles. The van der Waals surface area contributed by atoms with Gasteiger partial charge in [-0.3, -0.25) is 0 Å². The molecule has 0 atom stereocenters. The second-order valence-corrected chi connectivity index (χ2v) is 6.52. The molecule has 0 radical (unpaired) electrons. The molecule has 21 heavy (non-hydrogen) atoms. The van der Waals surface area contributed by atoms with Crippen molar-refractivity contribution in [1.29, 1.82) is 0 Å². The van der Waals surface area contributed by atoms with Crippen molar-refractivity contribution in [2.75, 3.05) is 26.3 Å². The van der Waals surface area contributed by atoms with Crippen molar-refractivity contribution in [3.05, 3.63) is 29.8 Å². The molecule has 1 aromatic rings. The highest BCUT2D eigenvalue weighted by atomic mass is 16.7. The molecule has 4 heteroatoms. The van der Waals surface area contributed by atoms with Crippen LogP contribution in [0.5, 0.6) is 5.75 Å². The van der Waals surface area contributed by atoms with E-state index in [-0.39, 0.29) is 11.7 Å². The van der Waals surface area contributed by atoms with Crippen LogP contribution in [0.4, 0.5) is 0 Å². The summed E-state index contributed by atoms with van der Waals surface area (Å²) in [4.78, 5) is 0. The number of phenolic OH excluding ortho intramolecular Hbond substituents is 1. The molecule has 2 N–H and O–H groups in total. The van der Waals surface area contributed by atoms with Gasteiger partial charge in [-0.1, -0.05) is 26.0 Å². The molecule has 1 fully saturated rings. The Morgan fingerprint density at radius 1 is 1.14 bits per heavy atom. The van der Waals surface area contributed by atoms with E-state index < -0.39 is 0 Å². The quantitative estimate of drug-likeness (QED) is 0.759. The van der Waals surface area contributed by atoms with Crippen LogP contribution in [0.25, 0.3) is 0 Å². The highest BCUT2D eigenvalue weighted by Gasteiger charge is 2.27. The summed E-state index contributed by atoms with van der Waals surface area (Å²) in [5.74, 6) is 0.322. The molecule has 1 heterocycles. The van der Waals surface area contributed by atoms with Crippen LogP contribution in [-0.4, -0.2) is 37.7 Å². The van der Waals surface area contributed by atoms with Crippen molar-refractivity contribution < 1.29 is 14.6 Å². The zero-order valence-corrected chi connectivity index (χ0v) is 13.1. The van der Waals surface area contributed by atoms with E-state index >= 15 is 0 Å². The number of benzene rings is 1. The fraction of sp³-hybridized carbons (Fsp3) is 0.647. The van der Waals surface area contributed by atoms with Gasteiger partial charge in [-0.15, -0.1) is 0 Å². The molecule has 0 unspecified atom stereocenters. The number of rotatable bonds is 7. The van der Waals surface area contributed by atoms with E-state index in [2.05, 4.69) is 19.2 Å². The minimum atomic E-state index is -0.0306. The fourth-order valence-electron chi connectivity index (χ4n) is 2.31. The first-order valence-electron chi connectivity index (χ1n) is 7.77. The van der Waals surface area contributed by atoms with Crippen molar-refractivity contribution in [1.82, 2.24) is 5.32 Å². The predicted molar refractivity (Wildman–Crippen MR) is 83.4 cm³/mol.